The summed E-state index contributed by atoms with van der Waals surface area (Å²) in [6.07, 6.45) is 0. The van der Waals surface area contributed by atoms with Crippen LogP contribution in [-0.2, 0) is 0 Å². The second-order valence-electron chi connectivity index (χ2n) is 3.29. The van der Waals surface area contributed by atoms with E-state index < -0.39 is 0 Å². The Bertz CT molecular complexity index is 508. The molecule has 0 saturated heterocycles. The van der Waals surface area contributed by atoms with E-state index in [4.69, 9.17) is 21.1 Å². The summed E-state index contributed by atoms with van der Waals surface area (Å²) in [4.78, 5) is 8.54. The van der Waals surface area contributed by atoms with Crippen LogP contribution >= 0.6 is 11.6 Å². The Morgan fingerprint density at radius 2 is 1.73 bits per heavy atom. The van der Waals surface area contributed by atoms with Gasteiger partial charge in [0.2, 0.25) is 6.79 Å². The number of rotatable bonds is 0. The predicted molar refractivity (Wildman–Crippen MR) is 55.4 cm³/mol. The fourth-order valence-electron chi connectivity index (χ4n) is 1.51. The first kappa shape index (κ1) is 8.73. The van der Waals surface area contributed by atoms with Crippen molar-refractivity contribution in [3.05, 3.63) is 23.0 Å². The molecule has 1 aliphatic heterocycles. The minimum Gasteiger partial charge on any atom is -0.454 e. The van der Waals surface area contributed by atoms with Gasteiger partial charge in [-0.15, -0.1) is 0 Å². The predicted octanol–water partition coefficient (Wildman–Crippen LogP) is 2.32. The van der Waals surface area contributed by atoms with Crippen molar-refractivity contribution in [1.29, 1.82) is 0 Å². The molecular formula is C10H7ClN2O2. The lowest BCUT2D eigenvalue weighted by atomic mass is 10.2. The van der Waals surface area contributed by atoms with Crippen LogP contribution in [0.2, 0.25) is 5.15 Å². The van der Waals surface area contributed by atoms with Crippen LogP contribution in [0.3, 0.4) is 0 Å². The van der Waals surface area contributed by atoms with Crippen LogP contribution in [0.4, 0.5) is 0 Å². The molecule has 76 valence electrons. The lowest BCUT2D eigenvalue weighted by molar-refractivity contribution is 0.174. The van der Waals surface area contributed by atoms with Gasteiger partial charge in [0.15, 0.2) is 16.7 Å². The number of hydrogen-bond acceptors (Lipinski definition) is 4. The summed E-state index contributed by atoms with van der Waals surface area (Å²) >= 11 is 5.89. The first-order valence-corrected chi connectivity index (χ1v) is 4.85. The summed E-state index contributed by atoms with van der Waals surface area (Å²) in [5, 5.41) is 0.418. The number of nitrogens with zero attached hydrogens (tertiary/aromatic N) is 2. The lowest BCUT2D eigenvalue weighted by Gasteiger charge is -2.02. The smallest absolute Gasteiger partial charge is 0.231 e. The molecule has 0 unspecified atom stereocenters. The zero-order chi connectivity index (χ0) is 10.4. The molecule has 1 aliphatic rings. The zero-order valence-corrected chi connectivity index (χ0v) is 8.71. The Kier molecular flexibility index (Phi) is 1.73. The topological polar surface area (TPSA) is 44.2 Å². The van der Waals surface area contributed by atoms with Gasteiger partial charge in [0, 0.05) is 12.1 Å². The Morgan fingerprint density at radius 3 is 2.40 bits per heavy atom. The van der Waals surface area contributed by atoms with Crippen LogP contribution in [0.5, 0.6) is 11.5 Å². The highest BCUT2D eigenvalue weighted by atomic mass is 35.5. The molecule has 1 aromatic carbocycles. The maximum absolute atomic E-state index is 5.89. The zero-order valence-electron chi connectivity index (χ0n) is 7.95. The minimum atomic E-state index is 0.248. The molecule has 0 aliphatic carbocycles. The van der Waals surface area contributed by atoms with Crippen molar-refractivity contribution < 1.29 is 9.47 Å². The maximum atomic E-state index is 5.89. The van der Waals surface area contributed by atoms with Crippen LogP contribution in [0, 0.1) is 6.92 Å². The molecule has 0 atom stereocenters. The van der Waals surface area contributed by atoms with Crippen LogP contribution in [0.25, 0.3) is 11.0 Å². The Morgan fingerprint density at radius 1 is 1.13 bits per heavy atom. The summed E-state index contributed by atoms with van der Waals surface area (Å²) in [5.74, 6) is 1.40. The van der Waals surface area contributed by atoms with Crippen molar-refractivity contribution in [1.82, 2.24) is 9.97 Å². The van der Waals surface area contributed by atoms with E-state index in [1.54, 1.807) is 6.07 Å². The molecule has 0 N–H and O–H groups in total. The third-order valence-corrected chi connectivity index (χ3v) is 2.63. The molecule has 0 saturated carbocycles. The molecule has 3 rings (SSSR count). The molecule has 4 nitrogen and oxygen atoms in total. The van der Waals surface area contributed by atoms with Crippen LogP contribution in [0.1, 0.15) is 5.69 Å². The largest absolute Gasteiger partial charge is 0.454 e. The number of ether oxygens (including phenoxy) is 2. The van der Waals surface area contributed by atoms with E-state index in [0.717, 1.165) is 11.0 Å². The maximum Gasteiger partial charge on any atom is 0.231 e. The summed E-state index contributed by atoms with van der Waals surface area (Å²) in [7, 11) is 0. The molecule has 5 heteroatoms. The van der Waals surface area contributed by atoms with Crippen LogP contribution in [0.15, 0.2) is 12.1 Å². The van der Waals surface area contributed by atoms with Crippen molar-refractivity contribution in [3.63, 3.8) is 0 Å². The number of aromatic nitrogens is 2. The Hall–Kier alpha value is -1.55. The molecule has 0 radical (unpaired) electrons. The van der Waals surface area contributed by atoms with E-state index in [-0.39, 0.29) is 6.79 Å². The monoisotopic (exact) mass is 222 g/mol. The second-order valence-corrected chi connectivity index (χ2v) is 3.65. The highest BCUT2D eigenvalue weighted by molar-refractivity contribution is 6.30. The van der Waals surface area contributed by atoms with Crippen molar-refractivity contribution in [2.45, 2.75) is 6.92 Å². The van der Waals surface area contributed by atoms with E-state index in [0.29, 0.717) is 22.3 Å². The van der Waals surface area contributed by atoms with Gasteiger partial charge in [-0.3, -0.25) is 0 Å². The Labute approximate surface area is 90.8 Å². The van der Waals surface area contributed by atoms with Gasteiger partial charge in [-0.2, -0.15) is 0 Å². The third kappa shape index (κ3) is 1.29. The fourth-order valence-corrected chi connectivity index (χ4v) is 1.65. The molecule has 2 heterocycles. The molecule has 2 aromatic rings. The quantitative estimate of drug-likeness (QED) is 0.686. The first-order valence-electron chi connectivity index (χ1n) is 4.47. The van der Waals surface area contributed by atoms with E-state index >= 15 is 0 Å². The molecule has 1 aromatic heterocycles. The highest BCUT2D eigenvalue weighted by Crippen LogP contribution is 2.35. The molecule has 15 heavy (non-hydrogen) atoms. The van der Waals surface area contributed by atoms with Gasteiger partial charge in [0.1, 0.15) is 0 Å². The van der Waals surface area contributed by atoms with Crippen molar-refractivity contribution >= 4 is 22.6 Å². The lowest BCUT2D eigenvalue weighted by Crippen LogP contribution is -1.92. The summed E-state index contributed by atoms with van der Waals surface area (Å²) in [5.41, 5.74) is 2.19. The molecular weight excluding hydrogens is 216 g/mol. The standard InChI is InChI=1S/C10H7ClN2O2/c1-5-10(11)13-7-3-9-8(14-4-15-9)2-6(7)12-5/h2-3H,4H2,1H3. The number of aryl methyl sites for hydroxylation is 1. The van der Waals surface area contributed by atoms with Gasteiger partial charge in [-0.1, -0.05) is 11.6 Å². The van der Waals surface area contributed by atoms with Gasteiger partial charge >= 0.3 is 0 Å². The number of benzene rings is 1. The fraction of sp³-hybridized carbons (Fsp3) is 0.200. The van der Waals surface area contributed by atoms with Crippen molar-refractivity contribution in [3.8, 4) is 11.5 Å². The second kappa shape index (κ2) is 2.97. The average molecular weight is 223 g/mol. The molecule has 0 spiro atoms. The van der Waals surface area contributed by atoms with Gasteiger partial charge < -0.3 is 9.47 Å². The highest BCUT2D eigenvalue weighted by Gasteiger charge is 2.15. The van der Waals surface area contributed by atoms with E-state index in [9.17, 15) is 0 Å². The number of hydrogen-bond donors (Lipinski definition) is 0. The summed E-state index contributed by atoms with van der Waals surface area (Å²) in [6, 6.07) is 3.60. The van der Waals surface area contributed by atoms with Crippen molar-refractivity contribution in [2.75, 3.05) is 6.79 Å². The number of fused-ring (bicyclic) bond motifs is 2. The van der Waals surface area contributed by atoms with E-state index in [2.05, 4.69) is 9.97 Å². The normalized spacial score (nSPS) is 13.5. The van der Waals surface area contributed by atoms with Gasteiger partial charge in [-0.25, -0.2) is 9.97 Å². The van der Waals surface area contributed by atoms with E-state index in [1.165, 1.54) is 0 Å². The molecule has 0 bridgehead atoms. The minimum absolute atomic E-state index is 0.248. The first-order chi connectivity index (χ1) is 7.24. The van der Waals surface area contributed by atoms with Gasteiger partial charge in [0.05, 0.1) is 16.7 Å². The van der Waals surface area contributed by atoms with Gasteiger partial charge in [-0.05, 0) is 6.92 Å². The average Bonchev–Trinajstić information content (AvgIpc) is 2.63. The van der Waals surface area contributed by atoms with Crippen LogP contribution in [-0.4, -0.2) is 16.8 Å². The van der Waals surface area contributed by atoms with E-state index in [1.807, 2.05) is 13.0 Å². The SMILES string of the molecule is Cc1nc2cc3c(cc2nc1Cl)OCO3. The van der Waals surface area contributed by atoms with Crippen molar-refractivity contribution in [2.24, 2.45) is 0 Å². The third-order valence-electron chi connectivity index (χ3n) is 2.28. The summed E-state index contributed by atoms with van der Waals surface area (Å²) < 4.78 is 10.5. The van der Waals surface area contributed by atoms with Gasteiger partial charge in [0.25, 0.3) is 0 Å². The number of halogens is 1. The molecule has 0 amide bonds. The summed E-state index contributed by atoms with van der Waals surface area (Å²) in [6.45, 7) is 2.07. The molecule has 0 fully saturated rings. The Balaban J connectivity index is 2.34. The van der Waals surface area contributed by atoms with Crippen LogP contribution < -0.4 is 9.47 Å².